The maximum absolute atomic E-state index is 12.9. The Hall–Kier alpha value is -3.42. The Morgan fingerprint density at radius 2 is 1.67 bits per heavy atom. The smallest absolute Gasteiger partial charge is 0.276 e. The lowest BCUT2D eigenvalue weighted by Crippen LogP contribution is -2.53. The van der Waals surface area contributed by atoms with Gasteiger partial charge in [-0.2, -0.15) is 0 Å². The van der Waals surface area contributed by atoms with E-state index in [-0.39, 0.29) is 18.4 Å². The minimum atomic E-state index is -0.824. The van der Waals surface area contributed by atoms with Crippen molar-refractivity contribution < 1.29 is 23.5 Å². The zero-order valence-corrected chi connectivity index (χ0v) is 17.2. The summed E-state index contributed by atoms with van der Waals surface area (Å²) < 4.78 is 18.1. The van der Waals surface area contributed by atoms with E-state index in [1.807, 2.05) is 32.9 Å². The van der Waals surface area contributed by atoms with Gasteiger partial charge in [-0.15, -0.1) is 0 Å². The van der Waals surface area contributed by atoms with E-state index in [9.17, 15) is 18.8 Å². The Labute approximate surface area is 175 Å². The summed E-state index contributed by atoms with van der Waals surface area (Å²) in [5.74, 6) is -1.46. The Bertz CT molecular complexity index is 884. The normalized spacial score (nSPS) is 11.5. The van der Waals surface area contributed by atoms with Gasteiger partial charge in [0.15, 0.2) is 6.61 Å². The molecule has 0 aliphatic rings. The molecule has 0 fully saturated rings. The van der Waals surface area contributed by atoms with Crippen LogP contribution in [0.25, 0.3) is 0 Å². The van der Waals surface area contributed by atoms with E-state index in [0.717, 1.165) is 5.56 Å². The van der Waals surface area contributed by atoms with Crippen LogP contribution in [0.3, 0.4) is 0 Å². The number of hydrogen-bond donors (Lipinski definition) is 3. The van der Waals surface area contributed by atoms with E-state index >= 15 is 0 Å². The molecule has 30 heavy (non-hydrogen) atoms. The van der Waals surface area contributed by atoms with Crippen molar-refractivity contribution in [3.8, 4) is 5.75 Å². The second-order valence-electron chi connectivity index (χ2n) is 7.25. The van der Waals surface area contributed by atoms with E-state index in [1.165, 1.54) is 24.3 Å². The van der Waals surface area contributed by atoms with E-state index in [0.29, 0.717) is 17.7 Å². The van der Waals surface area contributed by atoms with Crippen molar-refractivity contribution in [3.05, 3.63) is 65.5 Å². The molecule has 2 rings (SSSR count). The van der Waals surface area contributed by atoms with Crippen LogP contribution in [0, 0.1) is 18.7 Å². The highest BCUT2D eigenvalue weighted by Crippen LogP contribution is 2.11. The molecule has 0 aliphatic heterocycles. The molecule has 3 N–H and O–H groups in total. The number of amides is 3. The zero-order valence-electron chi connectivity index (χ0n) is 17.2. The van der Waals surface area contributed by atoms with E-state index in [1.54, 1.807) is 12.1 Å². The summed E-state index contributed by atoms with van der Waals surface area (Å²) in [6.07, 6.45) is 0.394. The lowest BCUT2D eigenvalue weighted by atomic mass is 10.0. The second kappa shape index (κ2) is 10.9. The van der Waals surface area contributed by atoms with Crippen molar-refractivity contribution in [2.45, 2.75) is 33.2 Å². The molecule has 0 saturated carbocycles. The molecular formula is C22H26FN3O4. The summed E-state index contributed by atoms with van der Waals surface area (Å²) in [4.78, 5) is 37.0. The van der Waals surface area contributed by atoms with Gasteiger partial charge in [-0.25, -0.2) is 4.39 Å². The molecule has 0 unspecified atom stereocenters. The van der Waals surface area contributed by atoms with Crippen LogP contribution in [0.1, 0.15) is 36.2 Å². The lowest BCUT2D eigenvalue weighted by molar-refractivity contribution is -0.131. The Kier molecular flexibility index (Phi) is 8.34. The number of ether oxygens (including phenoxy) is 1. The predicted octanol–water partition coefficient (Wildman–Crippen LogP) is 2.51. The van der Waals surface area contributed by atoms with Crippen molar-refractivity contribution in [2.75, 3.05) is 6.61 Å². The third kappa shape index (κ3) is 7.20. The first-order valence-electron chi connectivity index (χ1n) is 9.59. The van der Waals surface area contributed by atoms with Gasteiger partial charge in [-0.1, -0.05) is 32.0 Å². The molecule has 3 amide bonds. The van der Waals surface area contributed by atoms with Crippen LogP contribution in [0.15, 0.2) is 48.5 Å². The number of carbonyl (C=O) groups excluding carboxylic acids is 3. The molecule has 0 spiro atoms. The molecule has 0 bridgehead atoms. The first-order valence-corrected chi connectivity index (χ1v) is 9.59. The molecule has 0 aromatic heterocycles. The van der Waals surface area contributed by atoms with Crippen molar-refractivity contribution in [2.24, 2.45) is 5.92 Å². The van der Waals surface area contributed by atoms with Crippen LogP contribution in [0.5, 0.6) is 5.75 Å². The quantitative estimate of drug-likeness (QED) is 0.577. The topological polar surface area (TPSA) is 96.5 Å². The number of aryl methyl sites for hydroxylation is 1. The van der Waals surface area contributed by atoms with E-state index in [2.05, 4.69) is 16.2 Å². The second-order valence-corrected chi connectivity index (χ2v) is 7.25. The van der Waals surface area contributed by atoms with Crippen LogP contribution in [-0.4, -0.2) is 30.4 Å². The SMILES string of the molecule is Cc1ccccc1C(=O)N[C@@H](CC(C)C)C(=O)NNC(=O)COc1ccc(F)cc1. The fourth-order valence-electron chi connectivity index (χ4n) is 2.70. The number of hydrogen-bond acceptors (Lipinski definition) is 4. The van der Waals surface area contributed by atoms with Crippen molar-refractivity contribution in [3.63, 3.8) is 0 Å². The van der Waals surface area contributed by atoms with Gasteiger partial charge < -0.3 is 10.1 Å². The average molecular weight is 415 g/mol. The van der Waals surface area contributed by atoms with Gasteiger partial charge in [0.1, 0.15) is 17.6 Å². The number of benzene rings is 2. The number of rotatable bonds is 8. The molecule has 0 aliphatic carbocycles. The van der Waals surface area contributed by atoms with Crippen LogP contribution in [0.2, 0.25) is 0 Å². The molecule has 2 aromatic carbocycles. The van der Waals surface area contributed by atoms with Gasteiger partial charge in [0.2, 0.25) is 0 Å². The Morgan fingerprint density at radius 1 is 1.00 bits per heavy atom. The van der Waals surface area contributed by atoms with Gasteiger partial charge >= 0.3 is 0 Å². The number of nitrogens with one attached hydrogen (secondary N) is 3. The Balaban J connectivity index is 1.89. The number of carbonyl (C=O) groups is 3. The summed E-state index contributed by atoms with van der Waals surface area (Å²) in [6.45, 7) is 5.30. The predicted molar refractivity (Wildman–Crippen MR) is 110 cm³/mol. The Morgan fingerprint density at radius 3 is 2.30 bits per heavy atom. The monoisotopic (exact) mass is 415 g/mol. The standard InChI is InChI=1S/C22H26FN3O4/c1-14(2)12-19(24-21(28)18-7-5-4-6-15(18)3)22(29)26-25-20(27)13-30-17-10-8-16(23)9-11-17/h4-11,14,19H,12-13H2,1-3H3,(H,24,28)(H,25,27)(H,26,29)/t19-/m0/s1. The lowest BCUT2D eigenvalue weighted by Gasteiger charge is -2.21. The maximum Gasteiger partial charge on any atom is 0.276 e. The van der Waals surface area contributed by atoms with Crippen molar-refractivity contribution in [1.29, 1.82) is 0 Å². The largest absolute Gasteiger partial charge is 0.484 e. The van der Waals surface area contributed by atoms with Gasteiger partial charge in [0.05, 0.1) is 0 Å². The third-order valence-electron chi connectivity index (χ3n) is 4.23. The van der Waals surface area contributed by atoms with Crippen molar-refractivity contribution >= 4 is 17.7 Å². The highest BCUT2D eigenvalue weighted by Gasteiger charge is 2.23. The van der Waals surface area contributed by atoms with Crippen LogP contribution >= 0.6 is 0 Å². The molecule has 0 heterocycles. The number of halogens is 1. The minimum Gasteiger partial charge on any atom is -0.484 e. The highest BCUT2D eigenvalue weighted by atomic mass is 19.1. The molecule has 7 nitrogen and oxygen atoms in total. The number of hydrazine groups is 1. The van der Waals surface area contributed by atoms with Crippen LogP contribution in [-0.2, 0) is 9.59 Å². The molecule has 0 saturated heterocycles. The van der Waals surface area contributed by atoms with E-state index < -0.39 is 23.7 Å². The summed E-state index contributed by atoms with van der Waals surface area (Å²) in [5.41, 5.74) is 5.84. The summed E-state index contributed by atoms with van der Waals surface area (Å²) >= 11 is 0. The minimum absolute atomic E-state index is 0.135. The van der Waals surface area contributed by atoms with Gasteiger partial charge in [0.25, 0.3) is 17.7 Å². The van der Waals surface area contributed by atoms with Gasteiger partial charge in [-0.05, 0) is 55.2 Å². The molecule has 2 aromatic rings. The van der Waals surface area contributed by atoms with Gasteiger partial charge in [-0.3, -0.25) is 25.2 Å². The maximum atomic E-state index is 12.9. The first-order chi connectivity index (χ1) is 14.3. The molecule has 0 radical (unpaired) electrons. The first kappa shape index (κ1) is 22.9. The molecule has 8 heteroatoms. The van der Waals surface area contributed by atoms with Crippen molar-refractivity contribution in [1.82, 2.24) is 16.2 Å². The fraction of sp³-hybridized carbons (Fsp3) is 0.318. The average Bonchev–Trinajstić information content (AvgIpc) is 2.71. The van der Waals surface area contributed by atoms with Crippen LogP contribution < -0.4 is 20.9 Å². The van der Waals surface area contributed by atoms with Crippen LogP contribution in [0.4, 0.5) is 4.39 Å². The summed E-state index contributed by atoms with van der Waals surface area (Å²) in [7, 11) is 0. The molecule has 160 valence electrons. The molecular weight excluding hydrogens is 389 g/mol. The zero-order chi connectivity index (χ0) is 22.1. The third-order valence-corrected chi connectivity index (χ3v) is 4.23. The highest BCUT2D eigenvalue weighted by molar-refractivity contribution is 5.98. The van der Waals surface area contributed by atoms with E-state index in [4.69, 9.17) is 4.74 Å². The molecule has 1 atom stereocenters. The summed E-state index contributed by atoms with van der Waals surface area (Å²) in [5, 5.41) is 2.72. The van der Waals surface area contributed by atoms with Gasteiger partial charge in [0, 0.05) is 5.56 Å². The summed E-state index contributed by atoms with van der Waals surface area (Å²) in [6, 6.07) is 11.5. The fourth-order valence-corrected chi connectivity index (χ4v) is 2.70.